The number of amides is 1. The zero-order valence-corrected chi connectivity index (χ0v) is 15.9. The number of hydrogen-bond donors (Lipinski definition) is 3. The molecule has 0 aliphatic rings. The van der Waals surface area contributed by atoms with Gasteiger partial charge in [-0.3, -0.25) is 14.6 Å². The normalized spacial score (nSPS) is 10.6. The summed E-state index contributed by atoms with van der Waals surface area (Å²) in [5, 5.41) is 12.1. The number of nitrogens with zero attached hydrogens (tertiary/aromatic N) is 1. The number of thioether (sulfide) groups is 2. The number of hydrogen-bond acceptors (Lipinski definition) is 7. The van der Waals surface area contributed by atoms with Crippen LogP contribution in [0.1, 0.15) is 5.56 Å². The lowest BCUT2D eigenvalue weighted by Gasteiger charge is -2.05. The largest absolute Gasteiger partial charge is 0.326 e. The Labute approximate surface area is 159 Å². The maximum atomic E-state index is 12.1. The molecule has 10 heteroatoms. The van der Waals surface area contributed by atoms with Crippen LogP contribution in [-0.2, 0) is 4.79 Å². The van der Waals surface area contributed by atoms with Gasteiger partial charge in [-0.1, -0.05) is 0 Å². The third-order valence-electron chi connectivity index (χ3n) is 3.37. The fourth-order valence-electron chi connectivity index (χ4n) is 2.20. The molecular weight excluding hydrogens is 392 g/mol. The number of carbonyl (C=O) groups excluding carboxylic acids is 1. The lowest BCUT2D eigenvalue weighted by molar-refractivity contribution is -0.113. The van der Waals surface area contributed by atoms with E-state index < -0.39 is 11.2 Å². The highest BCUT2D eigenvalue weighted by Crippen LogP contribution is 2.34. The van der Waals surface area contributed by atoms with Gasteiger partial charge in [0.25, 0.3) is 5.56 Å². The Kier molecular flexibility index (Phi) is 5.51. The van der Waals surface area contributed by atoms with Gasteiger partial charge in [0, 0.05) is 10.6 Å². The van der Waals surface area contributed by atoms with Crippen LogP contribution in [0.25, 0.3) is 10.2 Å². The van der Waals surface area contributed by atoms with Gasteiger partial charge in [-0.15, -0.1) is 34.9 Å². The van der Waals surface area contributed by atoms with E-state index >= 15 is 0 Å². The minimum atomic E-state index is -0.667. The number of aromatic nitrogens is 2. The van der Waals surface area contributed by atoms with Crippen LogP contribution in [0, 0.1) is 11.3 Å². The first-order valence-electron chi connectivity index (χ1n) is 7.27. The van der Waals surface area contributed by atoms with E-state index in [1.807, 2.05) is 36.6 Å². The van der Waals surface area contributed by atoms with Gasteiger partial charge in [0.05, 0.1) is 15.5 Å². The summed E-state index contributed by atoms with van der Waals surface area (Å²) < 4.78 is 0.777. The minimum Gasteiger partial charge on any atom is -0.325 e. The Balaban J connectivity index is 1.75. The monoisotopic (exact) mass is 404 g/mol. The van der Waals surface area contributed by atoms with Crippen LogP contribution < -0.4 is 16.6 Å². The topological polar surface area (TPSA) is 119 Å². The molecule has 0 saturated carbocycles. The molecule has 2 aromatic heterocycles. The molecule has 0 radical (unpaired) electrons. The molecule has 3 rings (SSSR count). The summed E-state index contributed by atoms with van der Waals surface area (Å²) in [5.41, 5.74) is -0.113. The Morgan fingerprint density at radius 2 is 2.00 bits per heavy atom. The van der Waals surface area contributed by atoms with Crippen molar-refractivity contribution in [1.29, 1.82) is 5.26 Å². The summed E-state index contributed by atoms with van der Waals surface area (Å²) in [5.74, 6) is -0.149. The van der Waals surface area contributed by atoms with Crippen molar-refractivity contribution >= 4 is 56.7 Å². The molecule has 3 N–H and O–H groups in total. The summed E-state index contributed by atoms with van der Waals surface area (Å²) in [6, 6.07) is 9.45. The maximum Gasteiger partial charge on any atom is 0.326 e. The van der Waals surface area contributed by atoms with Crippen molar-refractivity contribution in [3.63, 3.8) is 0 Å². The van der Waals surface area contributed by atoms with Gasteiger partial charge in [-0.2, -0.15) is 5.26 Å². The number of anilines is 1. The van der Waals surface area contributed by atoms with E-state index in [-0.39, 0.29) is 27.4 Å². The first-order valence-corrected chi connectivity index (χ1v) is 10.3. The van der Waals surface area contributed by atoms with E-state index in [1.54, 1.807) is 11.8 Å². The van der Waals surface area contributed by atoms with Crippen molar-refractivity contribution in [2.24, 2.45) is 0 Å². The van der Waals surface area contributed by atoms with E-state index in [9.17, 15) is 19.6 Å². The van der Waals surface area contributed by atoms with Crippen LogP contribution in [0.15, 0.2) is 43.0 Å². The van der Waals surface area contributed by atoms with E-state index in [0.29, 0.717) is 9.90 Å². The number of nitrogens with one attached hydrogen (secondary N) is 3. The summed E-state index contributed by atoms with van der Waals surface area (Å²) in [4.78, 5) is 41.1. The second-order valence-electron chi connectivity index (χ2n) is 5.05. The van der Waals surface area contributed by atoms with E-state index in [4.69, 9.17) is 0 Å². The Morgan fingerprint density at radius 1 is 1.27 bits per heavy atom. The SMILES string of the molecule is CSc1ccc(NC(=O)CSc2sc3c(=O)[nH]c(=O)[nH]c3c2C#N)cc1. The Hall–Kier alpha value is -2.48. The number of H-pyrrole nitrogens is 2. The van der Waals surface area contributed by atoms with E-state index in [0.717, 1.165) is 28.0 Å². The maximum absolute atomic E-state index is 12.1. The van der Waals surface area contributed by atoms with Crippen LogP contribution >= 0.6 is 34.9 Å². The molecule has 1 aromatic carbocycles. The zero-order valence-electron chi connectivity index (χ0n) is 13.4. The number of aromatic amines is 2. The van der Waals surface area contributed by atoms with Crippen LogP contribution in [0.2, 0.25) is 0 Å². The van der Waals surface area contributed by atoms with Gasteiger partial charge in [0.2, 0.25) is 5.91 Å². The van der Waals surface area contributed by atoms with Crippen LogP contribution in [0.5, 0.6) is 0 Å². The minimum absolute atomic E-state index is 0.0773. The van der Waals surface area contributed by atoms with Gasteiger partial charge in [-0.25, -0.2) is 4.79 Å². The summed E-state index contributed by atoms with van der Waals surface area (Å²) in [6.07, 6.45) is 1.97. The molecule has 0 aliphatic heterocycles. The molecule has 0 unspecified atom stereocenters. The number of thiophene rings is 1. The van der Waals surface area contributed by atoms with Gasteiger partial charge in [0.15, 0.2) is 0 Å². The Morgan fingerprint density at radius 3 is 2.65 bits per heavy atom. The third-order valence-corrected chi connectivity index (χ3v) is 6.57. The molecule has 0 saturated heterocycles. The fraction of sp³-hybridized carbons (Fsp3) is 0.125. The van der Waals surface area contributed by atoms with Gasteiger partial charge < -0.3 is 10.3 Å². The molecule has 0 atom stereocenters. The van der Waals surface area contributed by atoms with Crippen LogP contribution in [0.3, 0.4) is 0 Å². The number of benzene rings is 1. The molecule has 3 aromatic rings. The average molecular weight is 404 g/mol. The summed E-state index contributed by atoms with van der Waals surface area (Å²) in [6.45, 7) is 0. The predicted octanol–water partition coefficient (Wildman–Crippen LogP) is 2.60. The van der Waals surface area contributed by atoms with E-state index in [2.05, 4.69) is 15.3 Å². The fourth-order valence-corrected chi connectivity index (χ4v) is 4.73. The second-order valence-corrected chi connectivity index (χ2v) is 8.20. The van der Waals surface area contributed by atoms with Gasteiger partial charge >= 0.3 is 5.69 Å². The molecule has 1 amide bonds. The second kappa shape index (κ2) is 7.82. The smallest absolute Gasteiger partial charge is 0.325 e. The quantitative estimate of drug-likeness (QED) is 0.563. The first kappa shape index (κ1) is 18.3. The highest BCUT2D eigenvalue weighted by molar-refractivity contribution is 8.02. The molecule has 0 bridgehead atoms. The molecule has 132 valence electrons. The third kappa shape index (κ3) is 3.85. The van der Waals surface area contributed by atoms with Crippen molar-refractivity contribution in [1.82, 2.24) is 9.97 Å². The molecule has 7 nitrogen and oxygen atoms in total. The number of nitriles is 1. The van der Waals surface area contributed by atoms with Crippen molar-refractivity contribution in [2.45, 2.75) is 9.10 Å². The standard InChI is InChI=1S/C16H12N4O3S3/c1-24-9-4-2-8(3-5-9)18-11(21)7-25-15-10(6-17)12-13(26-15)14(22)20-16(23)19-12/h2-5H,7H2,1H3,(H,18,21)(H2,19,20,22,23). The molecule has 0 spiro atoms. The van der Waals surface area contributed by atoms with Gasteiger partial charge in [0.1, 0.15) is 16.3 Å². The van der Waals surface area contributed by atoms with Crippen molar-refractivity contribution in [2.75, 3.05) is 17.3 Å². The van der Waals surface area contributed by atoms with Gasteiger partial charge in [-0.05, 0) is 30.5 Å². The molecule has 0 fully saturated rings. The number of fused-ring (bicyclic) bond motifs is 1. The molecule has 26 heavy (non-hydrogen) atoms. The molecule has 0 aliphatic carbocycles. The summed E-state index contributed by atoms with van der Waals surface area (Å²) >= 11 is 3.85. The Bertz CT molecular complexity index is 1120. The zero-order chi connectivity index (χ0) is 18.7. The average Bonchev–Trinajstić information content (AvgIpc) is 2.98. The highest BCUT2D eigenvalue weighted by atomic mass is 32.2. The summed E-state index contributed by atoms with van der Waals surface area (Å²) in [7, 11) is 0. The molecule has 2 heterocycles. The van der Waals surface area contributed by atoms with Crippen molar-refractivity contribution in [3.8, 4) is 6.07 Å². The number of carbonyl (C=O) groups is 1. The van der Waals surface area contributed by atoms with Crippen molar-refractivity contribution < 1.29 is 4.79 Å². The lowest BCUT2D eigenvalue weighted by atomic mass is 10.3. The van der Waals surface area contributed by atoms with Crippen LogP contribution in [-0.4, -0.2) is 27.9 Å². The molecular formula is C16H12N4O3S3. The number of rotatable bonds is 5. The van der Waals surface area contributed by atoms with E-state index in [1.165, 1.54) is 0 Å². The highest BCUT2D eigenvalue weighted by Gasteiger charge is 2.17. The lowest BCUT2D eigenvalue weighted by Crippen LogP contribution is -2.20. The van der Waals surface area contributed by atoms with Crippen molar-refractivity contribution in [3.05, 3.63) is 50.7 Å². The van der Waals surface area contributed by atoms with Crippen LogP contribution in [0.4, 0.5) is 5.69 Å². The first-order chi connectivity index (χ1) is 12.5. The predicted molar refractivity (Wildman–Crippen MR) is 105 cm³/mol.